The molecule has 1 atom stereocenters. The first-order chi connectivity index (χ1) is 10.5. The van der Waals surface area contributed by atoms with Gasteiger partial charge in [0.15, 0.2) is 5.58 Å². The molecule has 22 heavy (non-hydrogen) atoms. The first-order valence-corrected chi connectivity index (χ1v) is 7.97. The summed E-state index contributed by atoms with van der Waals surface area (Å²) in [5.41, 5.74) is 2.05. The SMILES string of the molecule is CC(C)CC1COCCN1C(=O)c1ccc2[nH]c(=S)oc2c1. The number of carbonyl (C=O) groups excluding carboxylic acids is 1. The maximum absolute atomic E-state index is 12.8. The average Bonchev–Trinajstić information content (AvgIpc) is 2.85. The molecule has 1 N–H and O–H groups in total. The lowest BCUT2D eigenvalue weighted by molar-refractivity contribution is -0.00746. The van der Waals surface area contributed by atoms with Gasteiger partial charge in [0, 0.05) is 12.1 Å². The van der Waals surface area contributed by atoms with Gasteiger partial charge in [0.2, 0.25) is 0 Å². The molecule has 0 aliphatic carbocycles. The third-order valence-electron chi connectivity index (χ3n) is 3.90. The third-order valence-corrected chi connectivity index (χ3v) is 4.09. The number of morpholine rings is 1. The first-order valence-electron chi connectivity index (χ1n) is 7.56. The van der Waals surface area contributed by atoms with Crippen molar-refractivity contribution in [3.8, 4) is 0 Å². The Bertz CT molecular complexity index is 734. The van der Waals surface area contributed by atoms with Crippen molar-refractivity contribution in [3.05, 3.63) is 28.6 Å². The van der Waals surface area contributed by atoms with Crippen molar-refractivity contribution in [1.82, 2.24) is 9.88 Å². The third kappa shape index (κ3) is 3.08. The highest BCUT2D eigenvalue weighted by Gasteiger charge is 2.28. The summed E-state index contributed by atoms with van der Waals surface area (Å²) in [5.74, 6) is 0.546. The van der Waals surface area contributed by atoms with Crippen LogP contribution in [0.25, 0.3) is 11.1 Å². The summed E-state index contributed by atoms with van der Waals surface area (Å²) >= 11 is 4.98. The molecule has 1 saturated heterocycles. The molecular formula is C16H20N2O3S. The number of carbonyl (C=O) groups is 1. The number of hydrogen-bond donors (Lipinski definition) is 1. The highest BCUT2D eigenvalue weighted by Crippen LogP contribution is 2.21. The number of aromatic nitrogens is 1. The maximum atomic E-state index is 12.8. The smallest absolute Gasteiger partial charge is 0.266 e. The largest absolute Gasteiger partial charge is 0.429 e. The van der Waals surface area contributed by atoms with Crippen LogP contribution in [-0.2, 0) is 4.74 Å². The molecule has 1 aromatic heterocycles. The molecule has 0 bridgehead atoms. The zero-order valence-electron chi connectivity index (χ0n) is 12.8. The minimum atomic E-state index is 0.0261. The van der Waals surface area contributed by atoms with Gasteiger partial charge in [-0.3, -0.25) is 4.79 Å². The van der Waals surface area contributed by atoms with E-state index in [-0.39, 0.29) is 11.9 Å². The van der Waals surface area contributed by atoms with Gasteiger partial charge in [0.05, 0.1) is 24.8 Å². The molecule has 1 amide bonds. The van der Waals surface area contributed by atoms with Crippen molar-refractivity contribution in [3.63, 3.8) is 0 Å². The lowest BCUT2D eigenvalue weighted by atomic mass is 10.0. The van der Waals surface area contributed by atoms with E-state index in [0.717, 1.165) is 11.9 Å². The number of ether oxygens (including phenoxy) is 1. The molecule has 1 aromatic carbocycles. The fourth-order valence-electron chi connectivity index (χ4n) is 2.91. The molecular weight excluding hydrogens is 300 g/mol. The zero-order valence-corrected chi connectivity index (χ0v) is 13.6. The number of H-pyrrole nitrogens is 1. The molecule has 0 spiro atoms. The minimum Gasteiger partial charge on any atom is -0.429 e. The topological polar surface area (TPSA) is 58.5 Å². The summed E-state index contributed by atoms with van der Waals surface area (Å²) in [7, 11) is 0. The Morgan fingerprint density at radius 1 is 1.50 bits per heavy atom. The van der Waals surface area contributed by atoms with Crippen LogP contribution in [0, 0.1) is 10.8 Å². The summed E-state index contributed by atoms with van der Waals surface area (Å²) in [6.07, 6.45) is 0.943. The Morgan fingerprint density at radius 3 is 3.09 bits per heavy atom. The predicted octanol–water partition coefficient (Wildman–Crippen LogP) is 3.38. The van der Waals surface area contributed by atoms with Crippen LogP contribution in [0.5, 0.6) is 0 Å². The Balaban J connectivity index is 1.87. The molecule has 1 aliphatic heterocycles. The van der Waals surface area contributed by atoms with Gasteiger partial charge in [0.1, 0.15) is 0 Å². The number of fused-ring (bicyclic) bond motifs is 1. The lowest BCUT2D eigenvalue weighted by Crippen LogP contribution is -2.49. The fourth-order valence-corrected chi connectivity index (χ4v) is 3.11. The van der Waals surface area contributed by atoms with Gasteiger partial charge in [-0.2, -0.15) is 0 Å². The highest BCUT2D eigenvalue weighted by molar-refractivity contribution is 7.71. The van der Waals surface area contributed by atoms with Gasteiger partial charge in [-0.05, 0) is 42.8 Å². The zero-order chi connectivity index (χ0) is 15.7. The van der Waals surface area contributed by atoms with Crippen molar-refractivity contribution in [2.75, 3.05) is 19.8 Å². The molecule has 6 heteroatoms. The number of nitrogens with one attached hydrogen (secondary N) is 1. The second kappa shape index (κ2) is 6.22. The molecule has 5 nitrogen and oxygen atoms in total. The molecule has 1 unspecified atom stereocenters. The molecule has 1 aliphatic rings. The van der Waals surface area contributed by atoms with Crippen molar-refractivity contribution < 1.29 is 13.9 Å². The van der Waals surface area contributed by atoms with E-state index in [1.54, 1.807) is 6.07 Å². The van der Waals surface area contributed by atoms with E-state index in [0.29, 0.717) is 41.7 Å². The highest BCUT2D eigenvalue weighted by atomic mass is 32.1. The van der Waals surface area contributed by atoms with Crippen LogP contribution in [0.3, 0.4) is 0 Å². The van der Waals surface area contributed by atoms with Gasteiger partial charge in [-0.1, -0.05) is 13.8 Å². The van der Waals surface area contributed by atoms with E-state index in [2.05, 4.69) is 18.8 Å². The number of amides is 1. The Hall–Kier alpha value is -1.66. The molecule has 118 valence electrons. The molecule has 0 radical (unpaired) electrons. The van der Waals surface area contributed by atoms with Crippen LogP contribution < -0.4 is 0 Å². The molecule has 2 heterocycles. The monoisotopic (exact) mass is 320 g/mol. The van der Waals surface area contributed by atoms with Crippen LogP contribution in [0.4, 0.5) is 0 Å². The van der Waals surface area contributed by atoms with Crippen LogP contribution >= 0.6 is 12.2 Å². The van der Waals surface area contributed by atoms with Crippen molar-refractivity contribution in [2.24, 2.45) is 5.92 Å². The van der Waals surface area contributed by atoms with Gasteiger partial charge < -0.3 is 19.0 Å². The fraction of sp³-hybridized carbons (Fsp3) is 0.500. The summed E-state index contributed by atoms with van der Waals surface area (Å²) in [6, 6.07) is 5.54. The number of aromatic amines is 1. The van der Waals surface area contributed by atoms with Gasteiger partial charge in [-0.15, -0.1) is 0 Å². The van der Waals surface area contributed by atoms with Crippen molar-refractivity contribution >= 4 is 29.2 Å². The van der Waals surface area contributed by atoms with Crippen molar-refractivity contribution in [1.29, 1.82) is 0 Å². The summed E-state index contributed by atoms with van der Waals surface area (Å²) in [4.78, 5) is 18.0. The second-order valence-corrected chi connectivity index (χ2v) is 6.45. The summed E-state index contributed by atoms with van der Waals surface area (Å²) in [6.45, 7) is 6.15. The Labute approximate surface area is 134 Å². The standard InChI is InChI=1S/C16H20N2O3S/c1-10(2)7-12-9-20-6-5-18(12)15(19)11-3-4-13-14(8-11)21-16(22)17-13/h3-4,8,10,12H,5-7,9H2,1-2H3,(H,17,22). The van der Waals surface area contributed by atoms with Crippen LogP contribution in [0.15, 0.2) is 22.6 Å². The number of nitrogens with zero attached hydrogens (tertiary/aromatic N) is 1. The van der Waals surface area contributed by atoms with E-state index < -0.39 is 0 Å². The summed E-state index contributed by atoms with van der Waals surface area (Å²) < 4.78 is 10.9. The van der Waals surface area contributed by atoms with Gasteiger partial charge in [-0.25, -0.2) is 0 Å². The van der Waals surface area contributed by atoms with E-state index in [1.807, 2.05) is 17.0 Å². The normalized spacial score (nSPS) is 19.0. The molecule has 1 fully saturated rings. The van der Waals surface area contributed by atoms with Gasteiger partial charge in [0.25, 0.3) is 10.7 Å². The lowest BCUT2D eigenvalue weighted by Gasteiger charge is -2.36. The summed E-state index contributed by atoms with van der Waals surface area (Å²) in [5, 5.41) is 0. The number of oxazole rings is 1. The Kier molecular flexibility index (Phi) is 4.31. The second-order valence-electron chi connectivity index (χ2n) is 6.08. The maximum Gasteiger partial charge on any atom is 0.266 e. The van der Waals surface area contributed by atoms with E-state index >= 15 is 0 Å². The van der Waals surface area contributed by atoms with E-state index in [1.165, 1.54) is 0 Å². The molecule has 3 rings (SSSR count). The number of benzene rings is 1. The molecule has 0 saturated carbocycles. The van der Waals surface area contributed by atoms with Gasteiger partial charge >= 0.3 is 0 Å². The number of hydrogen-bond acceptors (Lipinski definition) is 4. The van der Waals surface area contributed by atoms with Crippen LogP contribution in [0.1, 0.15) is 30.6 Å². The van der Waals surface area contributed by atoms with Crippen LogP contribution in [0.2, 0.25) is 0 Å². The molecule has 2 aromatic rings. The minimum absolute atomic E-state index is 0.0261. The van der Waals surface area contributed by atoms with Crippen LogP contribution in [-0.4, -0.2) is 41.6 Å². The predicted molar refractivity (Wildman–Crippen MR) is 86.5 cm³/mol. The van der Waals surface area contributed by atoms with E-state index in [4.69, 9.17) is 21.4 Å². The number of rotatable bonds is 3. The average molecular weight is 320 g/mol. The van der Waals surface area contributed by atoms with E-state index in [9.17, 15) is 4.79 Å². The van der Waals surface area contributed by atoms with Crippen molar-refractivity contribution in [2.45, 2.75) is 26.3 Å². The first kappa shape index (κ1) is 15.2. The Morgan fingerprint density at radius 2 is 2.32 bits per heavy atom. The quantitative estimate of drug-likeness (QED) is 0.881.